The molecule has 0 saturated carbocycles. The van der Waals surface area contributed by atoms with Gasteiger partial charge in [0, 0.05) is 0 Å². The van der Waals surface area contributed by atoms with Crippen LogP contribution in [0.5, 0.6) is 0 Å². The highest BCUT2D eigenvalue weighted by Crippen LogP contribution is 2.08. The maximum absolute atomic E-state index is 4.23. The Morgan fingerprint density at radius 2 is 2.00 bits per heavy atom. The van der Waals surface area contributed by atoms with E-state index in [0.717, 1.165) is 0 Å². The van der Waals surface area contributed by atoms with Crippen LogP contribution in [0, 0.1) is 0 Å². The summed E-state index contributed by atoms with van der Waals surface area (Å²) < 4.78 is 0. The minimum Gasteiger partial charge on any atom is -0.328 e. The Balaban J connectivity index is 0.000000750. The smallest absolute Gasteiger partial charge is 0.199 e. The van der Waals surface area contributed by atoms with Crippen LogP contribution in [0.2, 0.25) is 0 Å². The Morgan fingerprint density at radius 3 is 2.93 bits per heavy atom. The average molecular weight is 209 g/mol. The van der Waals surface area contributed by atoms with E-state index >= 15 is 0 Å². The zero-order chi connectivity index (χ0) is 8.67. The maximum atomic E-state index is 4.23. The molecule has 3 aromatic heterocycles. The summed E-state index contributed by atoms with van der Waals surface area (Å²) in [7, 11) is 0. The molecule has 0 amide bonds. The van der Waals surface area contributed by atoms with Crippen LogP contribution in [-0.4, -0.2) is 29.9 Å². The lowest BCUT2D eigenvalue weighted by atomic mass is 10.5. The van der Waals surface area contributed by atoms with E-state index in [9.17, 15) is 0 Å². The van der Waals surface area contributed by atoms with Gasteiger partial charge in [0.15, 0.2) is 16.9 Å². The molecular formula is C7H5ClN6. The van der Waals surface area contributed by atoms with E-state index < -0.39 is 0 Å². The number of H-pyrrole nitrogens is 1. The predicted molar refractivity (Wildman–Crippen MR) is 52.0 cm³/mol. The Labute approximate surface area is 84.3 Å². The van der Waals surface area contributed by atoms with E-state index in [2.05, 4.69) is 29.9 Å². The van der Waals surface area contributed by atoms with E-state index in [1.807, 2.05) is 0 Å². The molecule has 0 unspecified atom stereocenters. The molecule has 0 bridgehead atoms. The van der Waals surface area contributed by atoms with Crippen LogP contribution in [0.4, 0.5) is 0 Å². The summed E-state index contributed by atoms with van der Waals surface area (Å²) in [5.74, 6) is 0. The van der Waals surface area contributed by atoms with Crippen molar-refractivity contribution in [3.8, 4) is 0 Å². The first-order valence-corrected chi connectivity index (χ1v) is 3.70. The summed E-state index contributed by atoms with van der Waals surface area (Å²) in [4.78, 5) is 23.1. The highest BCUT2D eigenvalue weighted by Gasteiger charge is 2.02. The van der Waals surface area contributed by atoms with Crippen molar-refractivity contribution in [2.24, 2.45) is 0 Å². The zero-order valence-electron chi connectivity index (χ0n) is 6.88. The lowest BCUT2D eigenvalue weighted by Crippen LogP contribution is -1.89. The third-order valence-electron chi connectivity index (χ3n) is 1.72. The van der Waals surface area contributed by atoms with Crippen LogP contribution in [0.1, 0.15) is 0 Å². The quantitative estimate of drug-likeness (QED) is 0.589. The van der Waals surface area contributed by atoms with Crippen molar-refractivity contribution in [3.63, 3.8) is 0 Å². The number of rotatable bonds is 0. The van der Waals surface area contributed by atoms with Crippen molar-refractivity contribution in [1.29, 1.82) is 0 Å². The van der Waals surface area contributed by atoms with Crippen LogP contribution >= 0.6 is 12.4 Å². The van der Waals surface area contributed by atoms with Gasteiger partial charge in [0.05, 0.1) is 12.5 Å². The molecule has 0 fully saturated rings. The second-order valence-corrected chi connectivity index (χ2v) is 2.53. The molecule has 0 saturated heterocycles. The molecule has 14 heavy (non-hydrogen) atoms. The van der Waals surface area contributed by atoms with Gasteiger partial charge < -0.3 is 4.98 Å². The van der Waals surface area contributed by atoms with Gasteiger partial charge >= 0.3 is 0 Å². The van der Waals surface area contributed by atoms with E-state index in [1.54, 1.807) is 12.5 Å². The summed E-state index contributed by atoms with van der Waals surface area (Å²) in [6.45, 7) is 0. The lowest BCUT2D eigenvalue weighted by molar-refractivity contribution is 1.16. The average Bonchev–Trinajstić information content (AvgIpc) is 2.61. The number of fused-ring (bicyclic) bond motifs is 2. The van der Waals surface area contributed by atoms with Crippen LogP contribution < -0.4 is 0 Å². The number of nitrogens with zero attached hydrogens (tertiary/aromatic N) is 5. The molecule has 1 N–H and O–H groups in total. The largest absolute Gasteiger partial charge is 0.328 e. The topological polar surface area (TPSA) is 80.2 Å². The lowest BCUT2D eigenvalue weighted by Gasteiger charge is -1.92. The number of aromatic nitrogens is 6. The molecule has 0 aliphatic carbocycles. The van der Waals surface area contributed by atoms with Gasteiger partial charge in [-0.15, -0.1) is 12.4 Å². The fourth-order valence-electron chi connectivity index (χ4n) is 1.15. The fraction of sp³-hybridized carbons (Fsp3) is 0. The highest BCUT2D eigenvalue weighted by atomic mass is 35.5. The third-order valence-corrected chi connectivity index (χ3v) is 1.72. The van der Waals surface area contributed by atoms with Gasteiger partial charge in [-0.3, -0.25) is 0 Å². The van der Waals surface area contributed by atoms with E-state index in [-0.39, 0.29) is 12.4 Å². The van der Waals surface area contributed by atoms with Gasteiger partial charge in [-0.1, -0.05) is 0 Å². The zero-order valence-corrected chi connectivity index (χ0v) is 7.69. The number of nitrogens with one attached hydrogen (secondary N) is 1. The second-order valence-electron chi connectivity index (χ2n) is 2.53. The van der Waals surface area contributed by atoms with Gasteiger partial charge in [-0.25, -0.2) is 24.9 Å². The number of hydrogen-bond acceptors (Lipinski definition) is 5. The van der Waals surface area contributed by atoms with Crippen molar-refractivity contribution in [2.45, 2.75) is 0 Å². The minimum atomic E-state index is 0. The molecule has 3 heterocycles. The first-order chi connectivity index (χ1) is 6.43. The Morgan fingerprint density at radius 1 is 1.07 bits per heavy atom. The molecule has 0 aliphatic rings. The Kier molecular flexibility index (Phi) is 1.97. The normalized spacial score (nSPS) is 10.3. The first-order valence-electron chi connectivity index (χ1n) is 3.70. The monoisotopic (exact) mass is 208 g/mol. The van der Waals surface area contributed by atoms with Gasteiger partial charge in [-0.05, 0) is 0 Å². The van der Waals surface area contributed by atoms with Gasteiger partial charge in [0.25, 0.3) is 0 Å². The number of imidazole rings is 1. The third kappa shape index (κ3) is 1.16. The minimum absolute atomic E-state index is 0. The van der Waals surface area contributed by atoms with Gasteiger partial charge in [0.1, 0.15) is 11.8 Å². The van der Waals surface area contributed by atoms with Crippen LogP contribution in [-0.2, 0) is 0 Å². The summed E-state index contributed by atoms with van der Waals surface area (Å²) >= 11 is 0. The standard InChI is InChI=1S/C7H4N6.ClH/c1-4-5(9-2-8-1)13-7-6(12-4)10-3-11-7;/h1-3H,(H,8,9,10,11,12,13);1H. The molecule has 0 radical (unpaired) electrons. The Bertz CT molecular complexity index is 527. The van der Waals surface area contributed by atoms with Crippen molar-refractivity contribution in [1.82, 2.24) is 29.9 Å². The molecular weight excluding hydrogens is 204 g/mol. The summed E-state index contributed by atoms with van der Waals surface area (Å²) in [5.41, 5.74) is 2.46. The highest BCUT2D eigenvalue weighted by molar-refractivity contribution is 5.85. The van der Waals surface area contributed by atoms with E-state index in [0.29, 0.717) is 22.5 Å². The van der Waals surface area contributed by atoms with E-state index in [4.69, 9.17) is 0 Å². The summed E-state index contributed by atoms with van der Waals surface area (Å²) in [6, 6.07) is 0. The second kappa shape index (κ2) is 3.15. The van der Waals surface area contributed by atoms with Crippen molar-refractivity contribution in [2.75, 3.05) is 0 Å². The predicted octanol–water partition coefficient (Wildman–Crippen LogP) is 0.718. The maximum Gasteiger partial charge on any atom is 0.199 e. The molecule has 3 aromatic rings. The molecule has 3 rings (SSSR count). The van der Waals surface area contributed by atoms with Crippen molar-refractivity contribution >= 4 is 34.9 Å². The number of halogens is 1. The van der Waals surface area contributed by atoms with Crippen LogP contribution in [0.3, 0.4) is 0 Å². The summed E-state index contributed by atoms with van der Waals surface area (Å²) in [6.07, 6.45) is 4.61. The molecule has 0 spiro atoms. The SMILES string of the molecule is Cl.c1ncc2nc3[nH]cnc3nc2n1. The number of hydrogen-bond donors (Lipinski definition) is 1. The van der Waals surface area contributed by atoms with E-state index in [1.165, 1.54) is 6.33 Å². The first kappa shape index (κ1) is 8.76. The number of aromatic amines is 1. The van der Waals surface area contributed by atoms with Crippen molar-refractivity contribution < 1.29 is 0 Å². The molecule has 0 aliphatic heterocycles. The molecule has 70 valence electrons. The van der Waals surface area contributed by atoms with Crippen LogP contribution in [0.15, 0.2) is 18.9 Å². The fourth-order valence-corrected chi connectivity index (χ4v) is 1.15. The molecule has 0 aromatic carbocycles. The molecule has 7 heteroatoms. The van der Waals surface area contributed by atoms with Crippen molar-refractivity contribution in [3.05, 3.63) is 18.9 Å². The van der Waals surface area contributed by atoms with Gasteiger partial charge in [0.2, 0.25) is 0 Å². The van der Waals surface area contributed by atoms with Crippen LogP contribution in [0.25, 0.3) is 22.5 Å². The Hall–Kier alpha value is -1.82. The van der Waals surface area contributed by atoms with Gasteiger partial charge in [-0.2, -0.15) is 0 Å². The summed E-state index contributed by atoms with van der Waals surface area (Å²) in [5, 5.41) is 0. The molecule has 0 atom stereocenters. The molecule has 6 nitrogen and oxygen atoms in total.